The summed E-state index contributed by atoms with van der Waals surface area (Å²) >= 11 is 9.34. The van der Waals surface area contributed by atoms with Gasteiger partial charge in [0.1, 0.15) is 39.8 Å². The molecule has 19 heteroatoms. The molecule has 1 unspecified atom stereocenters. The lowest BCUT2D eigenvalue weighted by Gasteiger charge is -2.28. The summed E-state index contributed by atoms with van der Waals surface area (Å²) < 4.78 is 89.2. The summed E-state index contributed by atoms with van der Waals surface area (Å²) in [4.78, 5) is 32.0. The number of halogens is 7. The molecule has 2 amide bonds. The molecule has 2 heterocycles. The van der Waals surface area contributed by atoms with E-state index in [0.717, 1.165) is 28.8 Å². The molecule has 0 aliphatic heterocycles. The van der Waals surface area contributed by atoms with E-state index in [4.69, 9.17) is 30.8 Å². The number of carbonyl (C=O) groups is 2. The zero-order valence-electron chi connectivity index (χ0n) is 36.3. The predicted molar refractivity (Wildman–Crippen MR) is 254 cm³/mol. The number of fused-ring (bicyclic) bond motifs is 1. The van der Waals surface area contributed by atoms with E-state index >= 15 is 8.78 Å². The molecule has 0 aliphatic rings. The number of hydrogen-bond donors (Lipinski definition) is 3. The predicted octanol–water partition coefficient (Wildman–Crippen LogP) is 12.3. The average Bonchev–Trinajstić information content (AvgIpc) is 3.64. The zero-order chi connectivity index (χ0) is 48.1. The van der Waals surface area contributed by atoms with E-state index in [9.17, 15) is 28.0 Å². The largest absolute Gasteiger partial charge is 0.497 e. The van der Waals surface area contributed by atoms with Crippen LogP contribution in [0.4, 0.5) is 43.3 Å². The third-order valence-electron chi connectivity index (χ3n) is 10.2. The molecule has 11 nitrogen and oxygen atoms in total. The fourth-order valence-electron chi connectivity index (χ4n) is 7.08. The summed E-state index contributed by atoms with van der Waals surface area (Å²) in [6.07, 6.45) is -4.67. The molecule has 6 aromatic rings. The number of ether oxygens (including phenoxy) is 3. The second-order valence-corrected chi connectivity index (χ2v) is 18.3. The minimum absolute atomic E-state index is 0.00878. The summed E-state index contributed by atoms with van der Waals surface area (Å²) in [5, 5.41) is 17.3. The highest BCUT2D eigenvalue weighted by Crippen LogP contribution is 2.48. The molecular formula is C47H43ClF5IN6O5S. The van der Waals surface area contributed by atoms with Crippen LogP contribution >= 0.6 is 45.5 Å². The molecule has 0 spiro atoms. The monoisotopic (exact) mass is 1060 g/mol. The van der Waals surface area contributed by atoms with E-state index in [2.05, 4.69) is 15.5 Å². The maximum absolute atomic E-state index is 16.9. The second-order valence-electron chi connectivity index (χ2n) is 15.9. The van der Waals surface area contributed by atoms with Crippen molar-refractivity contribution in [3.8, 4) is 28.7 Å². The smallest absolute Gasteiger partial charge is 0.471 e. The summed E-state index contributed by atoms with van der Waals surface area (Å²) in [6, 6.07) is 22.7. The maximum atomic E-state index is 16.9. The van der Waals surface area contributed by atoms with Crippen molar-refractivity contribution >= 4 is 84.1 Å². The first-order valence-electron chi connectivity index (χ1n) is 20.2. The van der Waals surface area contributed by atoms with Crippen LogP contribution in [0.25, 0.3) is 21.2 Å². The summed E-state index contributed by atoms with van der Waals surface area (Å²) in [5.41, 5.74) is 0.244. The normalized spacial score (nSPS) is 12.1. The topological polar surface area (TPSA) is 138 Å². The van der Waals surface area contributed by atoms with Crippen LogP contribution in [0.5, 0.6) is 11.5 Å². The number of rotatable bonds is 15. The number of thiophene rings is 1. The molecule has 0 fully saturated rings. The standard InChI is InChI=1S/C47H43ClF5IN6O5S/c1-25(30-8-7-20-57-42(30)60(23-26-9-13-28(63-5)14-10-26)24-27-11-15-29(64-6)16-12-27)56-21-19-32-37(48)36(38(50)40(39(32)54)58-44(61)47(51,52)53)31-17-18-34(49)41-35(31)33(22-55)43(66-41)59-45(62)65-46(2,3)4/h7-18,20,25,56H,19,21,23-24H2,1-6H3,(H,58,61)(H,59,62). The number of nitrogens with zero attached hydrogens (tertiary/aromatic N) is 3. The van der Waals surface area contributed by atoms with Crippen molar-refractivity contribution in [3.05, 3.63) is 127 Å². The van der Waals surface area contributed by atoms with Gasteiger partial charge >= 0.3 is 18.2 Å². The van der Waals surface area contributed by atoms with Crippen LogP contribution in [-0.4, -0.2) is 49.5 Å². The van der Waals surface area contributed by atoms with Gasteiger partial charge in [0.15, 0.2) is 5.82 Å². The SMILES string of the molecule is COc1ccc(CN(Cc2ccc(OC)cc2)c2ncccc2C(C)NCCc2c(Cl)c(-c3ccc(F)c4sc(NC(=O)OC(C)(C)C)c(C#N)c34)c(F)c(NC(=O)C(F)(F)F)c2I)cc1. The van der Waals surface area contributed by atoms with Gasteiger partial charge in [0.2, 0.25) is 0 Å². The Balaban J connectivity index is 1.38. The minimum atomic E-state index is -5.39. The van der Waals surface area contributed by atoms with Gasteiger partial charge in [0.05, 0.1) is 35.2 Å². The van der Waals surface area contributed by atoms with E-state index in [-0.39, 0.29) is 59.4 Å². The Bertz CT molecular complexity index is 2750. The highest BCUT2D eigenvalue weighted by molar-refractivity contribution is 14.1. The van der Waals surface area contributed by atoms with Crippen LogP contribution in [0.2, 0.25) is 5.02 Å². The molecule has 66 heavy (non-hydrogen) atoms. The van der Waals surface area contributed by atoms with Gasteiger partial charge < -0.3 is 29.7 Å². The second kappa shape index (κ2) is 20.8. The van der Waals surface area contributed by atoms with Gasteiger partial charge in [-0.3, -0.25) is 10.1 Å². The molecule has 6 rings (SSSR count). The molecule has 2 aromatic heterocycles. The first kappa shape index (κ1) is 49.7. The van der Waals surface area contributed by atoms with Gasteiger partial charge in [-0.15, -0.1) is 11.3 Å². The number of amides is 2. The number of anilines is 3. The summed E-state index contributed by atoms with van der Waals surface area (Å²) in [5.74, 6) is -2.54. The molecule has 0 saturated heterocycles. The maximum Gasteiger partial charge on any atom is 0.471 e. The Morgan fingerprint density at radius 1 is 0.939 bits per heavy atom. The van der Waals surface area contributed by atoms with Crippen LogP contribution in [0.1, 0.15) is 61.6 Å². The van der Waals surface area contributed by atoms with Gasteiger partial charge in [-0.25, -0.2) is 18.6 Å². The molecule has 3 N–H and O–H groups in total. The number of nitrogens with one attached hydrogen (secondary N) is 3. The number of carbonyl (C=O) groups excluding carboxylic acids is 2. The number of hydrogen-bond acceptors (Lipinski definition) is 10. The van der Waals surface area contributed by atoms with Crippen LogP contribution in [-0.2, 0) is 29.0 Å². The van der Waals surface area contributed by atoms with Crippen molar-refractivity contribution in [1.82, 2.24) is 10.3 Å². The van der Waals surface area contributed by atoms with Crippen molar-refractivity contribution in [2.45, 2.75) is 65.0 Å². The van der Waals surface area contributed by atoms with Crippen LogP contribution < -0.4 is 30.3 Å². The molecule has 0 saturated carbocycles. The fourth-order valence-corrected chi connectivity index (χ4v) is 9.59. The van der Waals surface area contributed by atoms with E-state index in [1.165, 1.54) is 0 Å². The number of alkyl halides is 3. The molecule has 346 valence electrons. The van der Waals surface area contributed by atoms with Gasteiger partial charge in [-0.2, -0.15) is 18.4 Å². The van der Waals surface area contributed by atoms with Crippen LogP contribution in [0.3, 0.4) is 0 Å². The third kappa shape index (κ3) is 11.4. The summed E-state index contributed by atoms with van der Waals surface area (Å²) in [7, 11) is 3.19. The lowest BCUT2D eigenvalue weighted by atomic mass is 9.95. The van der Waals surface area contributed by atoms with E-state index < -0.39 is 46.7 Å². The summed E-state index contributed by atoms with van der Waals surface area (Å²) in [6.45, 7) is 7.83. The van der Waals surface area contributed by atoms with Crippen molar-refractivity contribution < 1.29 is 45.8 Å². The van der Waals surface area contributed by atoms with E-state index in [1.54, 1.807) is 75.2 Å². The van der Waals surface area contributed by atoms with Crippen molar-refractivity contribution in [1.29, 1.82) is 5.26 Å². The first-order chi connectivity index (χ1) is 31.2. The molecule has 1 atom stereocenters. The Morgan fingerprint density at radius 2 is 1.55 bits per heavy atom. The lowest BCUT2D eigenvalue weighted by molar-refractivity contribution is -0.167. The fraction of sp³-hybridized carbons (Fsp3) is 0.277. The zero-order valence-corrected chi connectivity index (χ0v) is 40.1. The number of benzene rings is 4. The van der Waals surface area contributed by atoms with Crippen molar-refractivity contribution in [2.24, 2.45) is 0 Å². The van der Waals surface area contributed by atoms with Gasteiger partial charge in [0, 0.05) is 45.4 Å². The molecule has 0 aliphatic carbocycles. The van der Waals surface area contributed by atoms with Crippen molar-refractivity contribution in [3.63, 3.8) is 0 Å². The van der Waals surface area contributed by atoms with E-state index in [0.29, 0.717) is 41.7 Å². The van der Waals surface area contributed by atoms with Crippen LogP contribution in [0, 0.1) is 26.5 Å². The minimum Gasteiger partial charge on any atom is -0.497 e. The number of methoxy groups -OCH3 is 2. The number of pyridine rings is 1. The third-order valence-corrected chi connectivity index (χ3v) is 12.9. The van der Waals surface area contributed by atoms with Gasteiger partial charge in [-0.1, -0.05) is 48.0 Å². The Kier molecular flexibility index (Phi) is 15.7. The highest BCUT2D eigenvalue weighted by Gasteiger charge is 2.40. The van der Waals surface area contributed by atoms with Gasteiger partial charge in [-0.05, 0) is 122 Å². The molecule has 0 bridgehead atoms. The number of aromatic nitrogens is 1. The van der Waals surface area contributed by atoms with Crippen molar-refractivity contribution in [2.75, 3.05) is 36.3 Å². The average molecular weight is 1060 g/mol. The highest BCUT2D eigenvalue weighted by atomic mass is 127. The van der Waals surface area contributed by atoms with Crippen LogP contribution in [0.15, 0.2) is 79.0 Å². The Hall–Kier alpha value is -5.75. The quantitative estimate of drug-likeness (QED) is 0.0678. The lowest BCUT2D eigenvalue weighted by Crippen LogP contribution is -2.31. The Labute approximate surface area is 400 Å². The first-order valence-corrected chi connectivity index (χ1v) is 22.4. The molecular weight excluding hydrogens is 1020 g/mol. The molecule has 4 aromatic carbocycles. The molecule has 0 radical (unpaired) electrons. The van der Waals surface area contributed by atoms with Gasteiger partial charge in [0.25, 0.3) is 0 Å². The van der Waals surface area contributed by atoms with E-state index in [1.807, 2.05) is 67.6 Å². The number of nitriles is 1. The Morgan fingerprint density at radius 3 is 2.09 bits per heavy atom.